The van der Waals surface area contributed by atoms with Gasteiger partial charge in [-0.25, -0.2) is 0 Å². The summed E-state index contributed by atoms with van der Waals surface area (Å²) in [5.41, 5.74) is 5.69. The lowest BCUT2D eigenvalue weighted by atomic mass is 9.95. The molecule has 116 valence electrons. The fourth-order valence-electron chi connectivity index (χ4n) is 2.41. The van der Waals surface area contributed by atoms with Crippen LogP contribution in [0.15, 0.2) is 0 Å². The van der Waals surface area contributed by atoms with E-state index in [4.69, 9.17) is 5.73 Å². The molecule has 1 fully saturated rings. The molecule has 1 aliphatic rings. The van der Waals surface area contributed by atoms with Crippen molar-refractivity contribution in [2.45, 2.75) is 39.2 Å². The molecule has 0 aromatic carbocycles. The SMILES string of the molecule is CC(C)N(C)CCNC(=O)[C@@H]1CCC[C@@H]1CN.Cl.Cl. The molecule has 0 aromatic heterocycles. The van der Waals surface area contributed by atoms with E-state index < -0.39 is 0 Å². The maximum atomic E-state index is 12.0. The number of nitrogens with two attached hydrogens (primary N) is 1. The zero-order chi connectivity index (χ0) is 12.8. The Labute approximate surface area is 129 Å². The van der Waals surface area contributed by atoms with E-state index in [1.807, 2.05) is 0 Å². The second kappa shape index (κ2) is 10.7. The molecule has 0 saturated heterocycles. The van der Waals surface area contributed by atoms with E-state index in [9.17, 15) is 4.79 Å². The van der Waals surface area contributed by atoms with Gasteiger partial charge in [-0.1, -0.05) is 6.42 Å². The molecule has 0 bridgehead atoms. The smallest absolute Gasteiger partial charge is 0.223 e. The molecule has 19 heavy (non-hydrogen) atoms. The standard InChI is InChI=1S/C13H27N3O.2ClH/c1-10(2)16(3)8-7-15-13(17)12-6-4-5-11(12)9-14;;/h10-12H,4-9,14H2,1-3H3,(H,15,17);2*1H/t11-,12-;;/m1../s1. The first-order valence-corrected chi connectivity index (χ1v) is 6.74. The fraction of sp³-hybridized carbons (Fsp3) is 0.923. The topological polar surface area (TPSA) is 58.4 Å². The Bertz CT molecular complexity index is 252. The van der Waals surface area contributed by atoms with Gasteiger partial charge >= 0.3 is 0 Å². The average Bonchev–Trinajstić information content (AvgIpc) is 2.76. The van der Waals surface area contributed by atoms with Gasteiger partial charge in [0.2, 0.25) is 5.91 Å². The van der Waals surface area contributed by atoms with Crippen molar-refractivity contribution >= 4 is 30.7 Å². The monoisotopic (exact) mass is 313 g/mol. The van der Waals surface area contributed by atoms with Crippen LogP contribution in [0.3, 0.4) is 0 Å². The molecule has 0 heterocycles. The maximum absolute atomic E-state index is 12.0. The molecule has 3 N–H and O–H groups in total. The number of amides is 1. The van der Waals surface area contributed by atoms with Gasteiger partial charge in [0.05, 0.1) is 0 Å². The minimum atomic E-state index is 0. The summed E-state index contributed by atoms with van der Waals surface area (Å²) in [5, 5.41) is 3.04. The second-order valence-corrected chi connectivity index (χ2v) is 5.40. The van der Waals surface area contributed by atoms with Gasteiger partial charge in [-0.3, -0.25) is 4.79 Å². The van der Waals surface area contributed by atoms with Gasteiger partial charge in [0, 0.05) is 25.0 Å². The summed E-state index contributed by atoms with van der Waals surface area (Å²) in [5.74, 6) is 0.761. The third kappa shape index (κ3) is 6.80. The predicted molar refractivity (Wildman–Crippen MR) is 85.2 cm³/mol. The predicted octanol–water partition coefficient (Wildman–Crippen LogP) is 1.66. The van der Waals surface area contributed by atoms with Crippen molar-refractivity contribution in [2.75, 3.05) is 26.7 Å². The van der Waals surface area contributed by atoms with Gasteiger partial charge in [0.1, 0.15) is 0 Å². The highest BCUT2D eigenvalue weighted by atomic mass is 35.5. The number of halogens is 2. The number of hydrogen-bond donors (Lipinski definition) is 2. The van der Waals surface area contributed by atoms with Crippen molar-refractivity contribution in [1.82, 2.24) is 10.2 Å². The largest absolute Gasteiger partial charge is 0.355 e. The van der Waals surface area contributed by atoms with Gasteiger partial charge in [-0.2, -0.15) is 0 Å². The molecule has 0 aromatic rings. The first-order valence-electron chi connectivity index (χ1n) is 6.74. The van der Waals surface area contributed by atoms with Gasteiger partial charge in [-0.05, 0) is 46.2 Å². The van der Waals surface area contributed by atoms with Crippen molar-refractivity contribution in [2.24, 2.45) is 17.6 Å². The van der Waals surface area contributed by atoms with Crippen molar-refractivity contribution in [3.63, 3.8) is 0 Å². The summed E-state index contributed by atoms with van der Waals surface area (Å²) in [6, 6.07) is 0.523. The van der Waals surface area contributed by atoms with E-state index in [2.05, 4.69) is 31.1 Å². The fourth-order valence-corrected chi connectivity index (χ4v) is 2.41. The molecule has 0 radical (unpaired) electrons. The van der Waals surface area contributed by atoms with Crippen LogP contribution in [0.25, 0.3) is 0 Å². The van der Waals surface area contributed by atoms with Crippen molar-refractivity contribution < 1.29 is 4.79 Å². The third-order valence-corrected chi connectivity index (χ3v) is 3.94. The van der Waals surface area contributed by atoms with Gasteiger partial charge in [0.15, 0.2) is 0 Å². The number of rotatable bonds is 6. The number of nitrogens with zero attached hydrogens (tertiary/aromatic N) is 1. The Hall–Kier alpha value is -0.0300. The van der Waals surface area contributed by atoms with E-state index in [0.29, 0.717) is 18.5 Å². The average molecular weight is 314 g/mol. The number of hydrogen-bond acceptors (Lipinski definition) is 3. The summed E-state index contributed by atoms with van der Waals surface area (Å²) in [7, 11) is 2.08. The maximum Gasteiger partial charge on any atom is 0.223 e. The van der Waals surface area contributed by atoms with E-state index in [-0.39, 0.29) is 36.6 Å². The molecule has 6 heteroatoms. The Balaban J connectivity index is 0. The lowest BCUT2D eigenvalue weighted by molar-refractivity contribution is -0.126. The van der Waals surface area contributed by atoms with E-state index >= 15 is 0 Å². The first-order chi connectivity index (χ1) is 8.06. The van der Waals surface area contributed by atoms with Gasteiger partial charge in [-0.15, -0.1) is 24.8 Å². The normalized spacial score (nSPS) is 22.0. The third-order valence-electron chi connectivity index (χ3n) is 3.94. The molecular formula is C13H29Cl2N3O. The lowest BCUT2D eigenvalue weighted by Gasteiger charge is -2.22. The Morgan fingerprint density at radius 3 is 2.53 bits per heavy atom. The van der Waals surface area contributed by atoms with Crippen molar-refractivity contribution in [3.8, 4) is 0 Å². The molecule has 1 saturated carbocycles. The van der Waals surface area contributed by atoms with Crippen LogP contribution < -0.4 is 11.1 Å². The highest BCUT2D eigenvalue weighted by Crippen LogP contribution is 2.30. The summed E-state index contributed by atoms with van der Waals surface area (Å²) in [6.45, 7) is 6.60. The highest BCUT2D eigenvalue weighted by molar-refractivity contribution is 5.85. The molecule has 2 atom stereocenters. The van der Waals surface area contributed by atoms with Crippen molar-refractivity contribution in [3.05, 3.63) is 0 Å². The van der Waals surface area contributed by atoms with Crippen LogP contribution in [0.5, 0.6) is 0 Å². The van der Waals surface area contributed by atoms with Crippen LogP contribution in [0.4, 0.5) is 0 Å². The summed E-state index contributed by atoms with van der Waals surface area (Å²) < 4.78 is 0. The molecule has 1 rings (SSSR count). The zero-order valence-electron chi connectivity index (χ0n) is 12.2. The van der Waals surface area contributed by atoms with Crippen LogP contribution in [0.2, 0.25) is 0 Å². The van der Waals surface area contributed by atoms with E-state index in [0.717, 1.165) is 32.4 Å². The minimum absolute atomic E-state index is 0. The first kappa shape index (κ1) is 21.3. The molecule has 1 aliphatic carbocycles. The van der Waals surface area contributed by atoms with E-state index in [1.54, 1.807) is 0 Å². The van der Waals surface area contributed by atoms with Crippen molar-refractivity contribution in [1.29, 1.82) is 0 Å². The second-order valence-electron chi connectivity index (χ2n) is 5.40. The molecule has 0 aliphatic heterocycles. The molecule has 1 amide bonds. The van der Waals surface area contributed by atoms with E-state index in [1.165, 1.54) is 0 Å². The van der Waals surface area contributed by atoms with Crippen LogP contribution in [0, 0.1) is 11.8 Å². The van der Waals surface area contributed by atoms with Gasteiger partial charge in [0.25, 0.3) is 0 Å². The quantitative estimate of drug-likeness (QED) is 0.784. The number of carbonyl (C=O) groups is 1. The van der Waals surface area contributed by atoms with Crippen LogP contribution >= 0.6 is 24.8 Å². The Morgan fingerprint density at radius 2 is 2.00 bits per heavy atom. The number of likely N-dealkylation sites (N-methyl/N-ethyl adjacent to an activating group) is 1. The summed E-state index contributed by atoms with van der Waals surface area (Å²) in [4.78, 5) is 14.2. The molecule has 4 nitrogen and oxygen atoms in total. The lowest BCUT2D eigenvalue weighted by Crippen LogP contribution is -2.40. The van der Waals surface area contributed by atoms with Crippen LogP contribution in [0.1, 0.15) is 33.1 Å². The molecular weight excluding hydrogens is 285 g/mol. The number of nitrogens with one attached hydrogen (secondary N) is 1. The highest BCUT2D eigenvalue weighted by Gasteiger charge is 2.31. The summed E-state index contributed by atoms with van der Waals surface area (Å²) >= 11 is 0. The Morgan fingerprint density at radius 1 is 1.37 bits per heavy atom. The van der Waals surface area contributed by atoms with Crippen LogP contribution in [-0.4, -0.2) is 43.5 Å². The minimum Gasteiger partial charge on any atom is -0.355 e. The molecule has 0 spiro atoms. The molecule has 0 unspecified atom stereocenters. The van der Waals surface area contributed by atoms with Crippen LogP contribution in [-0.2, 0) is 4.79 Å². The summed E-state index contributed by atoms with van der Waals surface area (Å²) in [6.07, 6.45) is 3.26. The number of carbonyl (C=O) groups excluding carboxylic acids is 1. The zero-order valence-corrected chi connectivity index (χ0v) is 13.9. The van der Waals surface area contributed by atoms with Gasteiger partial charge < -0.3 is 16.0 Å². The Kier molecular flexibility index (Phi) is 12.0.